The van der Waals surface area contributed by atoms with Crippen molar-refractivity contribution in [3.63, 3.8) is 0 Å². The number of carbonyl (C=O) groups excluding carboxylic acids is 1. The van der Waals surface area contributed by atoms with Gasteiger partial charge in [0.05, 0.1) is 5.69 Å². The molecule has 0 atom stereocenters. The summed E-state index contributed by atoms with van der Waals surface area (Å²) >= 11 is 7.26. The number of benzene rings is 2. The summed E-state index contributed by atoms with van der Waals surface area (Å²) in [6.07, 6.45) is 0.198. The smallest absolute Gasteiger partial charge is 0.225 e. The molecule has 2 rings (SSSR count). The van der Waals surface area contributed by atoms with Gasteiger partial charge in [0.1, 0.15) is 11.6 Å². The van der Waals surface area contributed by atoms with E-state index in [1.807, 2.05) is 12.1 Å². The molecular formula is C15H12ClF2NOS. The van der Waals surface area contributed by atoms with Crippen LogP contribution in [0.4, 0.5) is 14.5 Å². The predicted octanol–water partition coefficient (Wildman–Crippen LogP) is 4.74. The highest BCUT2D eigenvalue weighted by atomic mass is 35.5. The predicted molar refractivity (Wildman–Crippen MR) is 81.8 cm³/mol. The largest absolute Gasteiger partial charge is 0.323 e. The number of rotatable bonds is 5. The Balaban J connectivity index is 1.82. The highest BCUT2D eigenvalue weighted by molar-refractivity contribution is 7.99. The van der Waals surface area contributed by atoms with Gasteiger partial charge in [-0.1, -0.05) is 11.6 Å². The first-order valence-electron chi connectivity index (χ1n) is 6.18. The fourth-order valence-electron chi connectivity index (χ4n) is 1.60. The van der Waals surface area contributed by atoms with E-state index in [2.05, 4.69) is 5.32 Å². The Morgan fingerprint density at radius 3 is 2.57 bits per heavy atom. The Morgan fingerprint density at radius 2 is 1.86 bits per heavy atom. The molecule has 0 fully saturated rings. The SMILES string of the molecule is O=C(CCSc1ccc(Cl)cc1)Nc1cc(F)ccc1F. The van der Waals surface area contributed by atoms with Gasteiger partial charge in [0.2, 0.25) is 5.91 Å². The maximum atomic E-state index is 13.4. The van der Waals surface area contributed by atoms with E-state index in [1.165, 1.54) is 11.8 Å². The first-order valence-corrected chi connectivity index (χ1v) is 7.54. The van der Waals surface area contributed by atoms with Crippen molar-refractivity contribution in [3.05, 3.63) is 59.1 Å². The van der Waals surface area contributed by atoms with E-state index in [0.29, 0.717) is 10.8 Å². The van der Waals surface area contributed by atoms with E-state index in [-0.39, 0.29) is 18.0 Å². The van der Waals surface area contributed by atoms with E-state index in [4.69, 9.17) is 11.6 Å². The summed E-state index contributed by atoms with van der Waals surface area (Å²) < 4.78 is 26.3. The van der Waals surface area contributed by atoms with Crippen molar-refractivity contribution in [1.29, 1.82) is 0 Å². The molecule has 0 heterocycles. The molecule has 6 heteroatoms. The summed E-state index contributed by atoms with van der Waals surface area (Å²) in [4.78, 5) is 12.7. The zero-order chi connectivity index (χ0) is 15.2. The molecule has 1 N–H and O–H groups in total. The molecule has 0 saturated carbocycles. The lowest BCUT2D eigenvalue weighted by Gasteiger charge is -2.06. The average molecular weight is 328 g/mol. The van der Waals surface area contributed by atoms with Crippen LogP contribution in [0.3, 0.4) is 0 Å². The van der Waals surface area contributed by atoms with Gasteiger partial charge in [0.25, 0.3) is 0 Å². The first kappa shape index (κ1) is 15.8. The number of carbonyl (C=O) groups is 1. The molecule has 0 aliphatic rings. The summed E-state index contributed by atoms with van der Waals surface area (Å²) in [7, 11) is 0. The highest BCUT2D eigenvalue weighted by Gasteiger charge is 2.08. The molecule has 0 unspecified atom stereocenters. The molecule has 0 saturated heterocycles. The molecule has 0 bridgehead atoms. The van der Waals surface area contributed by atoms with Crippen molar-refractivity contribution in [2.75, 3.05) is 11.1 Å². The Labute approximate surface area is 130 Å². The maximum absolute atomic E-state index is 13.4. The molecule has 0 aliphatic heterocycles. The van der Waals surface area contributed by atoms with E-state index < -0.39 is 11.6 Å². The van der Waals surface area contributed by atoms with Crippen LogP contribution < -0.4 is 5.32 Å². The fourth-order valence-corrected chi connectivity index (χ4v) is 2.58. The third kappa shape index (κ3) is 5.02. The zero-order valence-corrected chi connectivity index (χ0v) is 12.5. The molecule has 2 aromatic rings. The Hall–Kier alpha value is -1.59. The van der Waals surface area contributed by atoms with Gasteiger partial charge in [-0.25, -0.2) is 8.78 Å². The van der Waals surface area contributed by atoms with E-state index in [9.17, 15) is 13.6 Å². The first-order chi connectivity index (χ1) is 10.0. The van der Waals surface area contributed by atoms with E-state index in [0.717, 1.165) is 23.1 Å². The van der Waals surface area contributed by atoms with Crippen LogP contribution in [0.2, 0.25) is 5.02 Å². The Kier molecular flexibility index (Phi) is 5.59. The maximum Gasteiger partial charge on any atom is 0.225 e. The van der Waals surface area contributed by atoms with Crippen molar-refractivity contribution in [2.45, 2.75) is 11.3 Å². The number of hydrogen-bond donors (Lipinski definition) is 1. The summed E-state index contributed by atoms with van der Waals surface area (Å²) in [5.41, 5.74) is -0.142. The molecule has 21 heavy (non-hydrogen) atoms. The van der Waals surface area contributed by atoms with Crippen LogP contribution in [0.15, 0.2) is 47.4 Å². The van der Waals surface area contributed by atoms with Gasteiger partial charge in [0.15, 0.2) is 0 Å². The van der Waals surface area contributed by atoms with Crippen molar-refractivity contribution in [1.82, 2.24) is 0 Å². The minimum Gasteiger partial charge on any atom is -0.323 e. The Morgan fingerprint density at radius 1 is 1.14 bits per heavy atom. The molecule has 2 aromatic carbocycles. The molecule has 110 valence electrons. The van der Waals surface area contributed by atoms with Crippen LogP contribution in [0.1, 0.15) is 6.42 Å². The fraction of sp³-hybridized carbons (Fsp3) is 0.133. The number of thioether (sulfide) groups is 1. The van der Waals surface area contributed by atoms with Gasteiger partial charge in [-0.3, -0.25) is 4.79 Å². The van der Waals surface area contributed by atoms with Crippen LogP contribution >= 0.6 is 23.4 Å². The molecule has 0 aromatic heterocycles. The number of halogens is 3. The molecule has 0 aliphatic carbocycles. The minimum atomic E-state index is -0.657. The number of hydrogen-bond acceptors (Lipinski definition) is 2. The lowest BCUT2D eigenvalue weighted by molar-refractivity contribution is -0.115. The summed E-state index contributed by atoms with van der Waals surface area (Å²) in [5, 5.41) is 3.01. The van der Waals surface area contributed by atoms with Crippen molar-refractivity contribution in [3.8, 4) is 0 Å². The van der Waals surface area contributed by atoms with E-state index >= 15 is 0 Å². The van der Waals surface area contributed by atoms with Gasteiger partial charge < -0.3 is 5.32 Å². The zero-order valence-electron chi connectivity index (χ0n) is 10.9. The normalized spacial score (nSPS) is 10.4. The van der Waals surface area contributed by atoms with Gasteiger partial charge >= 0.3 is 0 Å². The minimum absolute atomic E-state index is 0.142. The second kappa shape index (κ2) is 7.43. The number of nitrogens with one attached hydrogen (secondary N) is 1. The van der Waals surface area contributed by atoms with E-state index in [1.54, 1.807) is 12.1 Å². The lowest BCUT2D eigenvalue weighted by atomic mass is 10.3. The van der Waals surface area contributed by atoms with Crippen LogP contribution in [-0.2, 0) is 4.79 Å². The van der Waals surface area contributed by atoms with Crippen molar-refractivity contribution < 1.29 is 13.6 Å². The summed E-state index contributed by atoms with van der Waals surface area (Å²) in [6, 6.07) is 10.2. The quantitative estimate of drug-likeness (QED) is 0.804. The summed E-state index contributed by atoms with van der Waals surface area (Å²) in [5.74, 6) is -1.08. The third-order valence-electron chi connectivity index (χ3n) is 2.61. The topological polar surface area (TPSA) is 29.1 Å². The van der Waals surface area contributed by atoms with Gasteiger partial charge in [-0.2, -0.15) is 0 Å². The Bertz CT molecular complexity index is 634. The second-order valence-electron chi connectivity index (χ2n) is 4.22. The number of anilines is 1. The standard InChI is InChI=1S/C15H12ClF2NOS/c16-10-1-4-12(5-2-10)21-8-7-15(20)19-14-9-11(17)3-6-13(14)18/h1-6,9H,7-8H2,(H,19,20). The molecular weight excluding hydrogens is 316 g/mol. The third-order valence-corrected chi connectivity index (χ3v) is 3.88. The van der Waals surface area contributed by atoms with Crippen LogP contribution in [0.25, 0.3) is 0 Å². The van der Waals surface area contributed by atoms with Crippen LogP contribution in [-0.4, -0.2) is 11.7 Å². The van der Waals surface area contributed by atoms with Crippen LogP contribution in [0, 0.1) is 11.6 Å². The molecule has 0 radical (unpaired) electrons. The molecule has 0 spiro atoms. The van der Waals surface area contributed by atoms with Crippen molar-refractivity contribution in [2.24, 2.45) is 0 Å². The number of amides is 1. The second-order valence-corrected chi connectivity index (χ2v) is 5.83. The lowest BCUT2D eigenvalue weighted by Crippen LogP contribution is -2.13. The van der Waals surface area contributed by atoms with Gasteiger partial charge in [0, 0.05) is 28.2 Å². The van der Waals surface area contributed by atoms with Gasteiger partial charge in [-0.15, -0.1) is 11.8 Å². The average Bonchev–Trinajstić information content (AvgIpc) is 2.45. The van der Waals surface area contributed by atoms with Gasteiger partial charge in [-0.05, 0) is 36.4 Å². The van der Waals surface area contributed by atoms with Crippen LogP contribution in [0.5, 0.6) is 0 Å². The summed E-state index contributed by atoms with van der Waals surface area (Å²) in [6.45, 7) is 0. The monoisotopic (exact) mass is 327 g/mol. The molecule has 2 nitrogen and oxygen atoms in total. The molecule has 1 amide bonds. The van der Waals surface area contributed by atoms with Crippen molar-refractivity contribution >= 4 is 35.0 Å². The highest BCUT2D eigenvalue weighted by Crippen LogP contribution is 2.21.